The van der Waals surface area contributed by atoms with Gasteiger partial charge in [-0.2, -0.15) is 0 Å². The maximum Gasteiger partial charge on any atom is 0.227 e. The molecule has 0 bridgehead atoms. The van der Waals surface area contributed by atoms with Crippen LogP contribution in [-0.4, -0.2) is 37.0 Å². The van der Waals surface area contributed by atoms with E-state index in [0.717, 1.165) is 17.0 Å². The zero-order chi connectivity index (χ0) is 18.4. The third-order valence-electron chi connectivity index (χ3n) is 4.66. The fourth-order valence-electron chi connectivity index (χ4n) is 3.19. The summed E-state index contributed by atoms with van der Waals surface area (Å²) in [6.07, 6.45) is 3.12. The minimum absolute atomic E-state index is 0.00473. The lowest BCUT2D eigenvalue weighted by molar-refractivity contribution is -0.133. The van der Waals surface area contributed by atoms with E-state index < -0.39 is 0 Å². The Labute approximate surface area is 153 Å². The van der Waals surface area contributed by atoms with Crippen LogP contribution in [0, 0.1) is 5.92 Å². The maximum atomic E-state index is 12.7. The van der Waals surface area contributed by atoms with E-state index in [1.165, 1.54) is 0 Å². The van der Waals surface area contributed by atoms with Crippen molar-refractivity contribution in [1.29, 1.82) is 0 Å². The number of anilines is 1. The van der Waals surface area contributed by atoms with E-state index in [4.69, 9.17) is 9.15 Å². The summed E-state index contributed by atoms with van der Waals surface area (Å²) in [5.41, 5.74) is 2.00. The Morgan fingerprint density at radius 1 is 1.31 bits per heavy atom. The first-order chi connectivity index (χ1) is 12.7. The first-order valence-electron chi connectivity index (χ1n) is 8.85. The van der Waals surface area contributed by atoms with Crippen LogP contribution in [-0.2, 0) is 27.3 Å². The summed E-state index contributed by atoms with van der Waals surface area (Å²) in [6, 6.07) is 11.5. The van der Waals surface area contributed by atoms with Gasteiger partial charge in [0.2, 0.25) is 11.8 Å². The van der Waals surface area contributed by atoms with Crippen LogP contribution in [0.1, 0.15) is 24.2 Å². The van der Waals surface area contributed by atoms with Gasteiger partial charge in [0.05, 0.1) is 19.4 Å². The standard InChI is InChI=1S/C20H24N2O4/c1-25-12-10-22(14-17-6-4-11-26-17)19(23)9-8-16-13-15-5-2-3-7-18(15)21-20(16)24/h2-7,11,16H,8-10,12-14H2,1H3,(H,21,24). The normalized spacial score (nSPS) is 16.0. The predicted molar refractivity (Wildman–Crippen MR) is 97.5 cm³/mol. The third kappa shape index (κ3) is 4.52. The predicted octanol–water partition coefficient (Wildman–Crippen LogP) is 2.85. The number of carbonyl (C=O) groups is 2. The second-order valence-electron chi connectivity index (χ2n) is 6.47. The molecule has 3 rings (SSSR count). The molecular formula is C20H24N2O4. The van der Waals surface area contributed by atoms with Crippen molar-refractivity contribution in [2.24, 2.45) is 5.92 Å². The van der Waals surface area contributed by atoms with Gasteiger partial charge in [-0.25, -0.2) is 0 Å². The Hall–Kier alpha value is -2.60. The molecule has 1 aliphatic rings. The Morgan fingerprint density at radius 2 is 2.15 bits per heavy atom. The van der Waals surface area contributed by atoms with E-state index >= 15 is 0 Å². The molecule has 2 heterocycles. The Bertz CT molecular complexity index is 742. The summed E-state index contributed by atoms with van der Waals surface area (Å²) in [6.45, 7) is 1.37. The van der Waals surface area contributed by atoms with E-state index in [1.54, 1.807) is 24.3 Å². The Kier molecular flexibility index (Phi) is 6.07. The lowest BCUT2D eigenvalue weighted by Crippen LogP contribution is -2.35. The van der Waals surface area contributed by atoms with Gasteiger partial charge in [0.15, 0.2) is 0 Å². The molecule has 1 unspecified atom stereocenters. The number of nitrogens with one attached hydrogen (secondary N) is 1. The molecule has 1 aromatic heterocycles. The van der Waals surface area contributed by atoms with E-state index in [0.29, 0.717) is 39.0 Å². The number of methoxy groups -OCH3 is 1. The van der Waals surface area contributed by atoms with Crippen LogP contribution in [0.15, 0.2) is 47.1 Å². The summed E-state index contributed by atoms with van der Waals surface area (Å²) in [7, 11) is 1.61. The smallest absolute Gasteiger partial charge is 0.227 e. The molecule has 1 N–H and O–H groups in total. The number of para-hydroxylation sites is 1. The second kappa shape index (κ2) is 8.67. The van der Waals surface area contributed by atoms with Crippen molar-refractivity contribution in [2.75, 3.05) is 25.6 Å². The van der Waals surface area contributed by atoms with Crippen LogP contribution in [0.4, 0.5) is 5.69 Å². The lowest BCUT2D eigenvalue weighted by atomic mass is 9.89. The van der Waals surface area contributed by atoms with E-state index in [2.05, 4.69) is 5.32 Å². The quantitative estimate of drug-likeness (QED) is 0.789. The fraction of sp³-hybridized carbons (Fsp3) is 0.400. The molecule has 1 atom stereocenters. The molecule has 0 aliphatic carbocycles. The molecular weight excluding hydrogens is 332 g/mol. The number of hydrogen-bond acceptors (Lipinski definition) is 4. The van der Waals surface area contributed by atoms with Gasteiger partial charge in [-0.05, 0) is 36.6 Å². The lowest BCUT2D eigenvalue weighted by Gasteiger charge is -2.26. The number of fused-ring (bicyclic) bond motifs is 1. The van der Waals surface area contributed by atoms with Gasteiger partial charge in [-0.3, -0.25) is 9.59 Å². The second-order valence-corrected chi connectivity index (χ2v) is 6.47. The van der Waals surface area contributed by atoms with Gasteiger partial charge in [0, 0.05) is 31.7 Å². The average Bonchev–Trinajstić information content (AvgIpc) is 3.16. The van der Waals surface area contributed by atoms with Crippen LogP contribution in [0.5, 0.6) is 0 Å². The Balaban J connectivity index is 1.58. The number of rotatable bonds is 8. The van der Waals surface area contributed by atoms with Crippen LogP contribution in [0.2, 0.25) is 0 Å². The number of ether oxygens (including phenoxy) is 1. The molecule has 0 fully saturated rings. The van der Waals surface area contributed by atoms with Crippen molar-refractivity contribution in [3.8, 4) is 0 Å². The average molecular weight is 356 g/mol. The van der Waals surface area contributed by atoms with Crippen molar-refractivity contribution >= 4 is 17.5 Å². The highest BCUT2D eigenvalue weighted by Gasteiger charge is 2.27. The molecule has 1 aromatic carbocycles. The van der Waals surface area contributed by atoms with Crippen molar-refractivity contribution < 1.29 is 18.7 Å². The molecule has 0 saturated carbocycles. The topological polar surface area (TPSA) is 71.8 Å². The summed E-state index contributed by atoms with van der Waals surface area (Å²) in [4.78, 5) is 26.7. The zero-order valence-electron chi connectivity index (χ0n) is 14.9. The van der Waals surface area contributed by atoms with Crippen molar-refractivity contribution in [2.45, 2.75) is 25.8 Å². The molecule has 6 nitrogen and oxygen atoms in total. The fourth-order valence-corrected chi connectivity index (χ4v) is 3.19. The van der Waals surface area contributed by atoms with Crippen molar-refractivity contribution in [3.63, 3.8) is 0 Å². The molecule has 26 heavy (non-hydrogen) atoms. The van der Waals surface area contributed by atoms with Crippen LogP contribution < -0.4 is 5.32 Å². The SMILES string of the molecule is COCCN(Cc1ccco1)C(=O)CCC1Cc2ccccc2NC1=O. The molecule has 2 amide bonds. The zero-order valence-corrected chi connectivity index (χ0v) is 14.9. The number of amides is 2. The van der Waals surface area contributed by atoms with Gasteiger partial charge in [-0.15, -0.1) is 0 Å². The van der Waals surface area contributed by atoms with E-state index in [1.807, 2.05) is 30.3 Å². The molecule has 2 aromatic rings. The van der Waals surface area contributed by atoms with Crippen molar-refractivity contribution in [3.05, 3.63) is 54.0 Å². The van der Waals surface area contributed by atoms with Gasteiger partial charge in [0.25, 0.3) is 0 Å². The molecule has 138 valence electrons. The number of nitrogens with zero attached hydrogens (tertiary/aromatic N) is 1. The van der Waals surface area contributed by atoms with Gasteiger partial charge in [0.1, 0.15) is 5.76 Å². The highest BCUT2D eigenvalue weighted by molar-refractivity contribution is 5.96. The first-order valence-corrected chi connectivity index (χ1v) is 8.85. The van der Waals surface area contributed by atoms with Crippen molar-refractivity contribution in [1.82, 2.24) is 4.90 Å². The number of carbonyl (C=O) groups excluding carboxylic acids is 2. The number of benzene rings is 1. The number of furan rings is 1. The van der Waals surface area contributed by atoms with Crippen LogP contribution in [0.3, 0.4) is 0 Å². The highest BCUT2D eigenvalue weighted by Crippen LogP contribution is 2.27. The molecule has 1 aliphatic heterocycles. The third-order valence-corrected chi connectivity index (χ3v) is 4.66. The maximum absolute atomic E-state index is 12.7. The van der Waals surface area contributed by atoms with Gasteiger partial charge >= 0.3 is 0 Å². The van der Waals surface area contributed by atoms with Gasteiger partial charge < -0.3 is 19.4 Å². The Morgan fingerprint density at radius 3 is 2.92 bits per heavy atom. The van der Waals surface area contributed by atoms with Crippen LogP contribution in [0.25, 0.3) is 0 Å². The molecule has 6 heteroatoms. The highest BCUT2D eigenvalue weighted by atomic mass is 16.5. The summed E-state index contributed by atoms with van der Waals surface area (Å²) >= 11 is 0. The monoisotopic (exact) mass is 356 g/mol. The summed E-state index contributed by atoms with van der Waals surface area (Å²) in [5.74, 6) is 0.552. The van der Waals surface area contributed by atoms with Crippen LogP contribution >= 0.6 is 0 Å². The minimum atomic E-state index is -0.179. The number of hydrogen-bond donors (Lipinski definition) is 1. The summed E-state index contributed by atoms with van der Waals surface area (Å²) in [5, 5.41) is 2.93. The van der Waals surface area contributed by atoms with E-state index in [9.17, 15) is 9.59 Å². The minimum Gasteiger partial charge on any atom is -0.467 e. The van der Waals surface area contributed by atoms with Gasteiger partial charge in [-0.1, -0.05) is 18.2 Å². The first kappa shape index (κ1) is 18.2. The van der Waals surface area contributed by atoms with E-state index in [-0.39, 0.29) is 17.7 Å². The summed E-state index contributed by atoms with van der Waals surface area (Å²) < 4.78 is 10.4. The largest absolute Gasteiger partial charge is 0.467 e. The molecule has 0 radical (unpaired) electrons. The molecule has 0 saturated heterocycles. The molecule has 0 spiro atoms.